The molecule has 0 aliphatic carbocycles. The van der Waals surface area contributed by atoms with E-state index >= 15 is 0 Å². The van der Waals surface area contributed by atoms with Gasteiger partial charge in [-0.1, -0.05) is 0 Å². The molecule has 126 valence electrons. The minimum absolute atomic E-state index is 0.939. The van der Waals surface area contributed by atoms with E-state index in [0.29, 0.717) is 0 Å². The van der Waals surface area contributed by atoms with Gasteiger partial charge < -0.3 is 0 Å². The zero-order chi connectivity index (χ0) is 17.6. The SMILES string of the molecule is CCSC#CP(Cl)(c1ccccc1)(c1ccccc1)c1ccccc1. The summed E-state index contributed by atoms with van der Waals surface area (Å²) in [6.07, 6.45) is 0. The Kier molecular flexibility index (Phi) is 5.55. The average molecular weight is 383 g/mol. The number of thioether (sulfide) groups is 1. The zero-order valence-corrected chi connectivity index (χ0v) is 16.6. The standard InChI is InChI=1S/C22H20ClPS/c1-2-25-19-18-24(23,20-12-6-3-7-13-20,21-14-8-4-9-15-21)22-16-10-5-11-17-22/h3-17H,2H2,1H3. The Hall–Kier alpha value is -1.71. The number of hydrogen-bond acceptors (Lipinski definition) is 1. The first-order valence-corrected chi connectivity index (χ1v) is 12.4. The molecule has 0 amide bonds. The van der Waals surface area contributed by atoms with Crippen LogP contribution in [0, 0.1) is 10.9 Å². The molecule has 0 fully saturated rings. The van der Waals surface area contributed by atoms with Gasteiger partial charge in [0.05, 0.1) is 0 Å². The summed E-state index contributed by atoms with van der Waals surface area (Å²) in [6.45, 7) is 2.11. The Balaban J connectivity index is 2.43. The van der Waals surface area contributed by atoms with Crippen molar-refractivity contribution < 1.29 is 0 Å². The third-order valence-corrected chi connectivity index (χ3v) is 11.2. The summed E-state index contributed by atoms with van der Waals surface area (Å²) in [4.78, 5) is 0. The van der Waals surface area contributed by atoms with Gasteiger partial charge in [-0.2, -0.15) is 0 Å². The molecule has 0 N–H and O–H groups in total. The van der Waals surface area contributed by atoms with Crippen LogP contribution in [0.4, 0.5) is 0 Å². The Morgan fingerprint density at radius 1 is 0.720 bits per heavy atom. The molecule has 3 heteroatoms. The van der Waals surface area contributed by atoms with E-state index in [2.05, 4.69) is 54.2 Å². The van der Waals surface area contributed by atoms with Crippen molar-refractivity contribution in [2.45, 2.75) is 6.92 Å². The van der Waals surface area contributed by atoms with Crippen LogP contribution in [0.1, 0.15) is 6.92 Å². The van der Waals surface area contributed by atoms with E-state index in [-0.39, 0.29) is 0 Å². The molecule has 0 atom stereocenters. The van der Waals surface area contributed by atoms with Crippen LogP contribution in [-0.2, 0) is 0 Å². The maximum atomic E-state index is 7.75. The number of benzene rings is 3. The molecule has 3 rings (SSSR count). The molecule has 25 heavy (non-hydrogen) atoms. The number of halogens is 1. The van der Waals surface area contributed by atoms with Crippen LogP contribution in [0.25, 0.3) is 0 Å². The van der Waals surface area contributed by atoms with Crippen LogP contribution in [0.3, 0.4) is 0 Å². The molecular formula is C22H20ClPS. The van der Waals surface area contributed by atoms with Gasteiger partial charge in [0, 0.05) is 0 Å². The number of rotatable bonds is 4. The molecule has 3 aromatic rings. The van der Waals surface area contributed by atoms with Crippen molar-refractivity contribution in [3.8, 4) is 10.9 Å². The normalized spacial score (nSPS) is 12.5. The molecule has 0 saturated carbocycles. The second-order valence-corrected chi connectivity index (χ2v) is 12.6. The second-order valence-electron chi connectivity index (χ2n) is 5.66. The zero-order valence-electron chi connectivity index (χ0n) is 14.1. The molecule has 0 saturated heterocycles. The van der Waals surface area contributed by atoms with Gasteiger partial charge in [-0.3, -0.25) is 0 Å². The van der Waals surface area contributed by atoms with Crippen LogP contribution in [0.5, 0.6) is 0 Å². The van der Waals surface area contributed by atoms with Crippen molar-refractivity contribution >= 4 is 44.9 Å². The summed E-state index contributed by atoms with van der Waals surface area (Å²) in [5.41, 5.74) is 3.57. The van der Waals surface area contributed by atoms with Crippen molar-refractivity contribution in [3.05, 3.63) is 91.0 Å². The maximum absolute atomic E-state index is 7.75. The number of hydrogen-bond donors (Lipinski definition) is 0. The minimum atomic E-state index is -3.38. The van der Waals surface area contributed by atoms with E-state index in [1.54, 1.807) is 11.8 Å². The van der Waals surface area contributed by atoms with Crippen LogP contribution in [0.15, 0.2) is 91.0 Å². The van der Waals surface area contributed by atoms with Crippen molar-refractivity contribution in [2.24, 2.45) is 0 Å². The molecular weight excluding hydrogens is 363 g/mol. The topological polar surface area (TPSA) is 0 Å². The molecule has 0 heterocycles. The monoisotopic (exact) mass is 382 g/mol. The Labute approximate surface area is 159 Å². The summed E-state index contributed by atoms with van der Waals surface area (Å²) < 4.78 is 0. The summed E-state index contributed by atoms with van der Waals surface area (Å²) in [6, 6.07) is 31.0. The summed E-state index contributed by atoms with van der Waals surface area (Å²) >= 11 is 9.36. The fourth-order valence-electron chi connectivity index (χ4n) is 2.95. The molecule has 0 radical (unpaired) electrons. The van der Waals surface area contributed by atoms with E-state index in [0.717, 1.165) is 21.7 Å². The van der Waals surface area contributed by atoms with Crippen LogP contribution in [-0.4, -0.2) is 5.75 Å². The molecule has 0 spiro atoms. The summed E-state index contributed by atoms with van der Waals surface area (Å²) in [5, 5.41) is 6.55. The van der Waals surface area contributed by atoms with Gasteiger partial charge >= 0.3 is 159 Å². The molecule has 3 aromatic carbocycles. The quantitative estimate of drug-likeness (QED) is 0.433. The van der Waals surface area contributed by atoms with Crippen molar-refractivity contribution in [2.75, 3.05) is 5.75 Å². The average Bonchev–Trinajstić information content (AvgIpc) is 2.70. The third-order valence-electron chi connectivity index (χ3n) is 4.20. The van der Waals surface area contributed by atoms with Crippen molar-refractivity contribution in [1.29, 1.82) is 0 Å². The van der Waals surface area contributed by atoms with E-state index < -0.39 is 5.96 Å². The fraction of sp³-hybridized carbons (Fsp3) is 0.0909. The van der Waals surface area contributed by atoms with Gasteiger partial charge in [-0.05, 0) is 0 Å². The Morgan fingerprint density at radius 2 is 1.08 bits per heavy atom. The van der Waals surface area contributed by atoms with E-state index in [1.165, 1.54) is 0 Å². The van der Waals surface area contributed by atoms with Gasteiger partial charge in [0.25, 0.3) is 0 Å². The molecule has 0 nitrogen and oxygen atoms in total. The second kappa shape index (κ2) is 7.67. The Bertz CT molecular complexity index is 783. The molecule has 0 aliphatic heterocycles. The van der Waals surface area contributed by atoms with Crippen molar-refractivity contribution in [3.63, 3.8) is 0 Å². The molecule has 0 unspecified atom stereocenters. The third kappa shape index (κ3) is 3.23. The van der Waals surface area contributed by atoms with Crippen LogP contribution < -0.4 is 15.9 Å². The molecule has 0 bridgehead atoms. The van der Waals surface area contributed by atoms with Crippen LogP contribution in [0.2, 0.25) is 0 Å². The molecule has 0 aliphatic rings. The van der Waals surface area contributed by atoms with Gasteiger partial charge in [-0.15, -0.1) is 0 Å². The van der Waals surface area contributed by atoms with E-state index in [9.17, 15) is 0 Å². The van der Waals surface area contributed by atoms with Gasteiger partial charge in [0.1, 0.15) is 0 Å². The first kappa shape index (κ1) is 18.1. The summed E-state index contributed by atoms with van der Waals surface area (Å²) in [7, 11) is 0. The van der Waals surface area contributed by atoms with Gasteiger partial charge in [-0.25, -0.2) is 0 Å². The predicted octanol–water partition coefficient (Wildman–Crippen LogP) is 5.34. The molecule has 0 aromatic heterocycles. The van der Waals surface area contributed by atoms with Gasteiger partial charge in [0.15, 0.2) is 0 Å². The van der Waals surface area contributed by atoms with Crippen molar-refractivity contribution in [1.82, 2.24) is 0 Å². The first-order chi connectivity index (χ1) is 12.2. The first-order valence-electron chi connectivity index (χ1n) is 8.25. The Morgan fingerprint density at radius 3 is 1.40 bits per heavy atom. The van der Waals surface area contributed by atoms with Gasteiger partial charge in [0.2, 0.25) is 0 Å². The summed E-state index contributed by atoms with van der Waals surface area (Å²) in [5.74, 6) is -2.44. The predicted molar refractivity (Wildman–Crippen MR) is 117 cm³/mol. The van der Waals surface area contributed by atoms with E-state index in [4.69, 9.17) is 11.2 Å². The van der Waals surface area contributed by atoms with Crippen LogP contribution >= 0.6 is 29.0 Å². The fourth-order valence-corrected chi connectivity index (χ4v) is 8.85. The van der Waals surface area contributed by atoms with E-state index in [1.807, 2.05) is 54.6 Å².